The predicted molar refractivity (Wildman–Crippen MR) is 72.5 cm³/mol. The van der Waals surface area contributed by atoms with Crippen LogP contribution in [-0.4, -0.2) is 12.0 Å². The van der Waals surface area contributed by atoms with Gasteiger partial charge in [-0.25, -0.2) is 0 Å². The van der Waals surface area contributed by atoms with E-state index >= 15 is 0 Å². The van der Waals surface area contributed by atoms with Gasteiger partial charge in [-0.2, -0.15) is 0 Å². The lowest BCUT2D eigenvalue weighted by molar-refractivity contribution is 0.497. The molecule has 1 aromatic carbocycles. The number of fused-ring (bicyclic) bond motifs is 3. The van der Waals surface area contributed by atoms with Gasteiger partial charge in [-0.15, -0.1) is 0 Å². The first-order chi connectivity index (χ1) is 8.20. The Morgan fingerprint density at radius 3 is 2.88 bits per heavy atom. The number of rotatable bonds is 1. The highest BCUT2D eigenvalue weighted by Gasteiger charge is 2.23. The fraction of sp³-hybridized carbons (Fsp3) is 0.467. The molecule has 0 saturated heterocycles. The lowest BCUT2D eigenvalue weighted by Gasteiger charge is -2.22. The third-order valence-electron chi connectivity index (χ3n) is 3.99. The van der Waals surface area contributed by atoms with Crippen LogP contribution in [0.3, 0.4) is 0 Å². The van der Waals surface area contributed by atoms with E-state index in [2.05, 4.69) is 43.3 Å². The quantitative estimate of drug-likeness (QED) is 0.769. The molecule has 17 heavy (non-hydrogen) atoms. The molecular weight excluding hydrogens is 208 g/mol. The van der Waals surface area contributed by atoms with Gasteiger partial charge in [0.15, 0.2) is 0 Å². The minimum Gasteiger partial charge on any atom is -0.358 e. The Morgan fingerprint density at radius 2 is 2.12 bits per heavy atom. The van der Waals surface area contributed by atoms with Crippen molar-refractivity contribution in [3.05, 3.63) is 34.5 Å². The van der Waals surface area contributed by atoms with Crippen molar-refractivity contribution in [3.8, 4) is 0 Å². The lowest BCUT2D eigenvalue weighted by Crippen LogP contribution is -2.20. The fourth-order valence-corrected chi connectivity index (χ4v) is 3.24. The standard InChI is InChI=1S/C15H20N2/c1-9-7-10(2)15-11(8-9)14-12(16-3)5-4-6-13(14)17-15/h7-8,12,16-17H,4-6H2,1-3H3. The number of hydrogen-bond donors (Lipinski definition) is 2. The molecule has 2 aromatic rings. The van der Waals surface area contributed by atoms with Crippen LogP contribution in [0.25, 0.3) is 10.9 Å². The zero-order valence-electron chi connectivity index (χ0n) is 10.9. The Morgan fingerprint density at radius 1 is 1.29 bits per heavy atom. The molecule has 1 unspecified atom stereocenters. The second-order valence-electron chi connectivity index (χ2n) is 5.26. The number of aromatic amines is 1. The molecule has 1 aromatic heterocycles. The number of aromatic nitrogens is 1. The first-order valence-corrected chi connectivity index (χ1v) is 6.49. The Kier molecular flexibility index (Phi) is 2.48. The van der Waals surface area contributed by atoms with E-state index in [-0.39, 0.29) is 0 Å². The van der Waals surface area contributed by atoms with E-state index in [1.165, 1.54) is 52.5 Å². The minimum absolute atomic E-state index is 0.522. The van der Waals surface area contributed by atoms with Crippen molar-refractivity contribution in [2.24, 2.45) is 0 Å². The molecule has 0 amide bonds. The average molecular weight is 228 g/mol. The van der Waals surface area contributed by atoms with Crippen LogP contribution >= 0.6 is 0 Å². The van der Waals surface area contributed by atoms with Gasteiger partial charge in [0.2, 0.25) is 0 Å². The summed E-state index contributed by atoms with van der Waals surface area (Å²) in [5, 5.41) is 4.88. The first kappa shape index (κ1) is 10.8. The Labute approximate surface area is 102 Å². The van der Waals surface area contributed by atoms with Gasteiger partial charge in [0.1, 0.15) is 0 Å². The topological polar surface area (TPSA) is 27.8 Å². The maximum Gasteiger partial charge on any atom is 0.0489 e. The normalized spacial score (nSPS) is 19.6. The number of aryl methyl sites for hydroxylation is 3. The van der Waals surface area contributed by atoms with E-state index in [9.17, 15) is 0 Å². The number of benzene rings is 1. The van der Waals surface area contributed by atoms with Crippen LogP contribution in [0.1, 0.15) is 41.3 Å². The van der Waals surface area contributed by atoms with Crippen LogP contribution in [0.4, 0.5) is 0 Å². The van der Waals surface area contributed by atoms with Crippen molar-refractivity contribution in [1.29, 1.82) is 0 Å². The molecule has 1 aliphatic rings. The van der Waals surface area contributed by atoms with Gasteiger partial charge in [-0.1, -0.05) is 11.6 Å². The van der Waals surface area contributed by atoms with Gasteiger partial charge >= 0.3 is 0 Å². The molecule has 1 aliphatic carbocycles. The fourth-order valence-electron chi connectivity index (χ4n) is 3.24. The van der Waals surface area contributed by atoms with Gasteiger partial charge < -0.3 is 10.3 Å². The van der Waals surface area contributed by atoms with E-state index in [0.29, 0.717) is 6.04 Å². The first-order valence-electron chi connectivity index (χ1n) is 6.49. The molecule has 0 spiro atoms. The van der Waals surface area contributed by atoms with Gasteiger partial charge in [-0.3, -0.25) is 0 Å². The summed E-state index contributed by atoms with van der Waals surface area (Å²) in [7, 11) is 2.07. The molecule has 2 heteroatoms. The van der Waals surface area contributed by atoms with Gasteiger partial charge in [0, 0.05) is 22.6 Å². The van der Waals surface area contributed by atoms with E-state index in [1.54, 1.807) is 0 Å². The van der Waals surface area contributed by atoms with E-state index in [4.69, 9.17) is 0 Å². The molecule has 1 atom stereocenters. The zero-order chi connectivity index (χ0) is 12.0. The molecule has 90 valence electrons. The Bertz CT molecular complexity index is 566. The number of nitrogens with one attached hydrogen (secondary N) is 2. The SMILES string of the molecule is CNC1CCCc2[nH]c3c(C)cc(C)cc3c21. The number of hydrogen-bond acceptors (Lipinski definition) is 1. The molecule has 0 fully saturated rings. The van der Waals surface area contributed by atoms with Crippen molar-refractivity contribution < 1.29 is 0 Å². The smallest absolute Gasteiger partial charge is 0.0489 e. The second kappa shape index (κ2) is 3.88. The monoisotopic (exact) mass is 228 g/mol. The highest BCUT2D eigenvalue weighted by atomic mass is 14.9. The minimum atomic E-state index is 0.522. The van der Waals surface area contributed by atoms with Gasteiger partial charge in [0.05, 0.1) is 0 Å². The van der Waals surface area contributed by atoms with Crippen molar-refractivity contribution in [2.45, 2.75) is 39.2 Å². The summed E-state index contributed by atoms with van der Waals surface area (Å²) in [5.74, 6) is 0. The third kappa shape index (κ3) is 1.59. The molecule has 0 aliphatic heterocycles. The number of H-pyrrole nitrogens is 1. The van der Waals surface area contributed by atoms with Crippen LogP contribution in [0.15, 0.2) is 12.1 Å². The summed E-state index contributed by atoms with van der Waals surface area (Å²) >= 11 is 0. The van der Waals surface area contributed by atoms with Crippen molar-refractivity contribution in [1.82, 2.24) is 10.3 Å². The molecular formula is C15H20N2. The van der Waals surface area contributed by atoms with Crippen molar-refractivity contribution >= 4 is 10.9 Å². The maximum absolute atomic E-state index is 3.64. The third-order valence-corrected chi connectivity index (χ3v) is 3.99. The molecule has 3 rings (SSSR count). The molecule has 2 nitrogen and oxygen atoms in total. The van der Waals surface area contributed by atoms with Gasteiger partial charge in [0.25, 0.3) is 0 Å². The lowest BCUT2D eigenvalue weighted by atomic mass is 9.90. The summed E-state index contributed by atoms with van der Waals surface area (Å²) < 4.78 is 0. The molecule has 1 heterocycles. The van der Waals surface area contributed by atoms with E-state index in [1.807, 2.05) is 0 Å². The van der Waals surface area contributed by atoms with Crippen LogP contribution in [0, 0.1) is 13.8 Å². The van der Waals surface area contributed by atoms with Crippen LogP contribution in [-0.2, 0) is 6.42 Å². The summed E-state index contributed by atoms with van der Waals surface area (Å²) in [6, 6.07) is 5.11. The summed E-state index contributed by atoms with van der Waals surface area (Å²) in [6.45, 7) is 4.38. The van der Waals surface area contributed by atoms with Crippen LogP contribution in [0.2, 0.25) is 0 Å². The summed E-state index contributed by atoms with van der Waals surface area (Å²) in [4.78, 5) is 3.64. The molecule has 2 N–H and O–H groups in total. The Balaban J connectivity index is 2.32. The molecule has 0 radical (unpaired) electrons. The Hall–Kier alpha value is -1.28. The van der Waals surface area contributed by atoms with Crippen LogP contribution in [0.5, 0.6) is 0 Å². The highest BCUT2D eigenvalue weighted by molar-refractivity contribution is 5.88. The largest absolute Gasteiger partial charge is 0.358 e. The second-order valence-corrected chi connectivity index (χ2v) is 5.26. The van der Waals surface area contributed by atoms with Crippen molar-refractivity contribution in [3.63, 3.8) is 0 Å². The summed E-state index contributed by atoms with van der Waals surface area (Å²) in [5.41, 5.74) is 7.02. The molecule has 0 saturated carbocycles. The maximum atomic E-state index is 3.64. The van der Waals surface area contributed by atoms with Crippen molar-refractivity contribution in [2.75, 3.05) is 7.05 Å². The van der Waals surface area contributed by atoms with E-state index in [0.717, 1.165) is 0 Å². The summed E-state index contributed by atoms with van der Waals surface area (Å²) in [6.07, 6.45) is 3.73. The average Bonchev–Trinajstić information content (AvgIpc) is 2.68. The highest BCUT2D eigenvalue weighted by Crippen LogP contribution is 2.36. The van der Waals surface area contributed by atoms with E-state index < -0.39 is 0 Å². The predicted octanol–water partition coefficient (Wildman–Crippen LogP) is 3.38. The zero-order valence-corrected chi connectivity index (χ0v) is 10.9. The van der Waals surface area contributed by atoms with Crippen LogP contribution < -0.4 is 5.32 Å². The molecule has 0 bridgehead atoms. The van der Waals surface area contributed by atoms with Gasteiger partial charge in [-0.05, 0) is 57.4 Å².